The SMILES string of the molecule is O=S(=O)(O)C(F)(F)C(F)(F)C(F)(F)C(F)(F)C(F)CCCCCC(F)(F)F.c1ccncc1. The number of halogens is 12. The van der Waals surface area contributed by atoms with Gasteiger partial charge in [0.25, 0.3) is 0 Å². The van der Waals surface area contributed by atoms with Crippen molar-refractivity contribution in [2.75, 3.05) is 0 Å². The predicted octanol–water partition coefficient (Wildman–Crippen LogP) is 6.31. The minimum absolute atomic E-state index is 0.626. The van der Waals surface area contributed by atoms with Crippen LogP contribution in [0, 0.1) is 0 Å². The van der Waals surface area contributed by atoms with Crippen molar-refractivity contribution in [3.05, 3.63) is 30.6 Å². The minimum atomic E-state index is -7.42. The Hall–Kier alpha value is -1.78. The van der Waals surface area contributed by atoms with Gasteiger partial charge < -0.3 is 0 Å². The molecule has 33 heavy (non-hydrogen) atoms. The Morgan fingerprint density at radius 2 is 1.24 bits per heavy atom. The molecule has 194 valence electrons. The van der Waals surface area contributed by atoms with Crippen LogP contribution in [-0.4, -0.2) is 53.3 Å². The summed E-state index contributed by atoms with van der Waals surface area (Å²) in [6.45, 7) is 0. The highest BCUT2D eigenvalue weighted by Crippen LogP contribution is 2.55. The van der Waals surface area contributed by atoms with Crippen molar-refractivity contribution in [2.24, 2.45) is 0 Å². The molecule has 0 aliphatic carbocycles. The van der Waals surface area contributed by atoms with Crippen molar-refractivity contribution in [3.63, 3.8) is 0 Å². The van der Waals surface area contributed by atoms with Crippen LogP contribution in [0.1, 0.15) is 32.1 Å². The zero-order valence-electron chi connectivity index (χ0n) is 16.2. The first-order chi connectivity index (χ1) is 14.6. The number of nitrogens with zero attached hydrogens (tertiary/aromatic N) is 1. The standard InChI is InChI=1S/C11H12F12O3S.C5H5N/c12-6(4-2-1-3-5-7(13,14)15)8(16,17)9(18,19)10(20,21)11(22,23)27(24,25)26;1-2-4-6-5-3-1/h6H,1-5H2,(H,24,25,26);1-5H. The molecule has 0 saturated heterocycles. The Balaban J connectivity index is 0.00000146. The molecular weight excluding hydrogens is 514 g/mol. The smallest absolute Gasteiger partial charge is 0.281 e. The molecule has 1 aromatic rings. The highest BCUT2D eigenvalue weighted by atomic mass is 32.2. The van der Waals surface area contributed by atoms with Gasteiger partial charge in [-0.15, -0.1) is 0 Å². The Morgan fingerprint density at radius 1 is 0.758 bits per heavy atom. The van der Waals surface area contributed by atoms with E-state index in [4.69, 9.17) is 4.55 Å². The summed E-state index contributed by atoms with van der Waals surface area (Å²) in [7, 11) is -7.29. The summed E-state index contributed by atoms with van der Waals surface area (Å²) in [5.74, 6) is -21.2. The molecular formula is C16H17F12NO3S. The van der Waals surface area contributed by atoms with Gasteiger partial charge in [0.15, 0.2) is 6.17 Å². The molecule has 0 aliphatic rings. The van der Waals surface area contributed by atoms with Crippen LogP contribution in [-0.2, 0) is 10.1 Å². The maximum absolute atomic E-state index is 13.3. The number of alkyl halides is 12. The van der Waals surface area contributed by atoms with Gasteiger partial charge in [0.05, 0.1) is 0 Å². The first-order valence-electron chi connectivity index (χ1n) is 8.67. The van der Waals surface area contributed by atoms with Crippen molar-refractivity contribution in [1.82, 2.24) is 4.98 Å². The van der Waals surface area contributed by atoms with Gasteiger partial charge in [-0.2, -0.15) is 56.7 Å². The summed E-state index contributed by atoms with van der Waals surface area (Å²) in [6, 6.07) is 5.72. The van der Waals surface area contributed by atoms with Gasteiger partial charge in [-0.1, -0.05) is 18.9 Å². The molecule has 0 aliphatic heterocycles. The van der Waals surface area contributed by atoms with Crippen LogP contribution in [0.3, 0.4) is 0 Å². The average Bonchev–Trinajstić information content (AvgIpc) is 2.67. The van der Waals surface area contributed by atoms with Crippen LogP contribution < -0.4 is 0 Å². The number of rotatable bonds is 10. The Bertz CT molecular complexity index is 789. The van der Waals surface area contributed by atoms with E-state index in [0.717, 1.165) is 0 Å². The second-order valence-electron chi connectivity index (χ2n) is 6.47. The molecule has 1 N–H and O–H groups in total. The Morgan fingerprint density at radius 3 is 1.58 bits per heavy atom. The molecule has 0 aromatic carbocycles. The van der Waals surface area contributed by atoms with E-state index < -0.39 is 77.6 Å². The van der Waals surface area contributed by atoms with Crippen molar-refractivity contribution < 1.29 is 65.7 Å². The molecule has 1 aromatic heterocycles. The van der Waals surface area contributed by atoms with Crippen molar-refractivity contribution in [2.45, 2.75) is 67.5 Å². The summed E-state index contributed by atoms with van der Waals surface area (Å²) in [6.07, 6.45) is -10.8. The topological polar surface area (TPSA) is 67.3 Å². The largest absolute Gasteiger partial charge is 0.438 e. The fourth-order valence-electron chi connectivity index (χ4n) is 2.07. The number of hydrogen-bond acceptors (Lipinski definition) is 3. The van der Waals surface area contributed by atoms with Gasteiger partial charge in [0, 0.05) is 18.8 Å². The molecule has 0 bridgehead atoms. The van der Waals surface area contributed by atoms with E-state index >= 15 is 0 Å². The highest BCUT2D eigenvalue weighted by Gasteiger charge is 2.85. The summed E-state index contributed by atoms with van der Waals surface area (Å²) < 4.78 is 182. The molecule has 1 heterocycles. The maximum Gasteiger partial charge on any atom is 0.438 e. The van der Waals surface area contributed by atoms with Crippen LogP contribution in [0.2, 0.25) is 0 Å². The van der Waals surface area contributed by atoms with E-state index in [1.54, 1.807) is 12.4 Å². The van der Waals surface area contributed by atoms with Crippen LogP contribution >= 0.6 is 0 Å². The second-order valence-corrected chi connectivity index (χ2v) is 7.93. The van der Waals surface area contributed by atoms with Crippen LogP contribution in [0.15, 0.2) is 30.6 Å². The molecule has 1 rings (SSSR count). The Labute approximate surface area is 179 Å². The minimum Gasteiger partial charge on any atom is -0.281 e. The molecule has 0 saturated carbocycles. The summed E-state index contributed by atoms with van der Waals surface area (Å²) in [5, 5.41) is -7.08. The van der Waals surface area contributed by atoms with E-state index in [2.05, 4.69) is 4.98 Å². The van der Waals surface area contributed by atoms with E-state index in [1.807, 2.05) is 18.2 Å². The third-order valence-electron chi connectivity index (χ3n) is 3.88. The fraction of sp³-hybridized carbons (Fsp3) is 0.688. The molecule has 17 heteroatoms. The molecule has 0 amide bonds. The highest BCUT2D eigenvalue weighted by molar-refractivity contribution is 7.87. The summed E-state index contributed by atoms with van der Waals surface area (Å²) >= 11 is 0. The molecule has 4 nitrogen and oxygen atoms in total. The van der Waals surface area contributed by atoms with E-state index in [0.29, 0.717) is 0 Å². The maximum atomic E-state index is 13.3. The van der Waals surface area contributed by atoms with Crippen LogP contribution in [0.25, 0.3) is 0 Å². The number of pyridine rings is 1. The lowest BCUT2D eigenvalue weighted by Gasteiger charge is -2.36. The van der Waals surface area contributed by atoms with E-state index in [9.17, 15) is 61.1 Å². The quantitative estimate of drug-likeness (QED) is 0.219. The zero-order chi connectivity index (χ0) is 26.4. The van der Waals surface area contributed by atoms with Crippen molar-refractivity contribution in [3.8, 4) is 0 Å². The third-order valence-corrected chi connectivity index (χ3v) is 4.78. The number of unbranched alkanes of at least 4 members (excludes halogenated alkanes) is 2. The van der Waals surface area contributed by atoms with Crippen molar-refractivity contribution >= 4 is 10.1 Å². The molecule has 0 fully saturated rings. The van der Waals surface area contributed by atoms with Gasteiger partial charge in [-0.3, -0.25) is 9.54 Å². The lowest BCUT2D eigenvalue weighted by atomic mass is 9.96. The van der Waals surface area contributed by atoms with Crippen LogP contribution in [0.4, 0.5) is 52.7 Å². The van der Waals surface area contributed by atoms with Crippen LogP contribution in [0.5, 0.6) is 0 Å². The second kappa shape index (κ2) is 11.1. The summed E-state index contributed by atoms with van der Waals surface area (Å²) in [5.41, 5.74) is 0. The Kier molecular flexibility index (Phi) is 10.5. The average molecular weight is 531 g/mol. The molecule has 0 radical (unpaired) electrons. The molecule has 0 spiro atoms. The molecule has 1 atom stereocenters. The lowest BCUT2D eigenvalue weighted by Crippen LogP contribution is -2.66. The van der Waals surface area contributed by atoms with Gasteiger partial charge in [-0.05, 0) is 25.0 Å². The van der Waals surface area contributed by atoms with Gasteiger partial charge in [0.1, 0.15) is 0 Å². The van der Waals surface area contributed by atoms with Gasteiger partial charge in [0.2, 0.25) is 0 Å². The van der Waals surface area contributed by atoms with E-state index in [1.165, 1.54) is 0 Å². The number of hydrogen-bond donors (Lipinski definition) is 1. The normalized spacial score (nSPS) is 14.9. The summed E-state index contributed by atoms with van der Waals surface area (Å²) in [4.78, 5) is 3.78. The zero-order valence-corrected chi connectivity index (χ0v) is 17.0. The predicted molar refractivity (Wildman–Crippen MR) is 89.6 cm³/mol. The monoisotopic (exact) mass is 531 g/mol. The lowest BCUT2D eigenvalue weighted by molar-refractivity contribution is -0.359. The third kappa shape index (κ3) is 7.89. The van der Waals surface area contributed by atoms with E-state index in [-0.39, 0.29) is 0 Å². The first-order valence-corrected chi connectivity index (χ1v) is 10.1. The fourth-order valence-corrected chi connectivity index (χ4v) is 2.52. The van der Waals surface area contributed by atoms with Gasteiger partial charge >= 0.3 is 39.3 Å². The molecule has 1 unspecified atom stereocenters. The first kappa shape index (κ1) is 31.2. The number of aromatic nitrogens is 1. The van der Waals surface area contributed by atoms with Gasteiger partial charge in [-0.25, -0.2) is 4.39 Å². The van der Waals surface area contributed by atoms with Crippen molar-refractivity contribution in [1.29, 1.82) is 0 Å².